The highest BCUT2D eigenvalue weighted by atomic mass is 32.1. The van der Waals surface area contributed by atoms with Gasteiger partial charge >= 0.3 is 0 Å². The standard InChI is InChI=1S/C13H19NOS/c1-10-8-9-16-12(10)13(15)14(2)11-6-4-3-5-7-11/h8-9,11H,3-7H2,1-2H3. The van der Waals surface area contributed by atoms with E-state index in [1.54, 1.807) is 11.3 Å². The number of hydrogen-bond acceptors (Lipinski definition) is 2. The van der Waals surface area contributed by atoms with E-state index in [0.717, 1.165) is 10.4 Å². The molecule has 0 bridgehead atoms. The van der Waals surface area contributed by atoms with E-state index in [-0.39, 0.29) is 5.91 Å². The molecule has 0 aromatic carbocycles. The predicted molar refractivity (Wildman–Crippen MR) is 68.0 cm³/mol. The van der Waals surface area contributed by atoms with Gasteiger partial charge in [0.2, 0.25) is 0 Å². The third kappa shape index (κ3) is 2.29. The van der Waals surface area contributed by atoms with E-state index in [9.17, 15) is 4.79 Å². The summed E-state index contributed by atoms with van der Waals surface area (Å²) >= 11 is 1.56. The number of carbonyl (C=O) groups excluding carboxylic acids is 1. The third-order valence-corrected chi connectivity index (χ3v) is 4.50. The van der Waals surface area contributed by atoms with Crippen molar-refractivity contribution in [3.05, 3.63) is 21.9 Å². The summed E-state index contributed by atoms with van der Waals surface area (Å²) in [5, 5.41) is 2.00. The number of nitrogens with zero attached hydrogens (tertiary/aromatic N) is 1. The van der Waals surface area contributed by atoms with Crippen LogP contribution in [0.5, 0.6) is 0 Å². The van der Waals surface area contributed by atoms with Crippen LogP contribution in [-0.2, 0) is 0 Å². The molecule has 0 spiro atoms. The summed E-state index contributed by atoms with van der Waals surface area (Å²) < 4.78 is 0. The van der Waals surface area contributed by atoms with E-state index in [4.69, 9.17) is 0 Å². The minimum atomic E-state index is 0.208. The van der Waals surface area contributed by atoms with E-state index in [1.807, 2.05) is 30.3 Å². The molecule has 1 heterocycles. The number of amides is 1. The van der Waals surface area contributed by atoms with Gasteiger partial charge in [-0.25, -0.2) is 0 Å². The molecular formula is C13H19NOS. The summed E-state index contributed by atoms with van der Waals surface area (Å²) in [5.41, 5.74) is 1.11. The average molecular weight is 237 g/mol. The first-order valence-corrected chi connectivity index (χ1v) is 6.89. The second-order valence-electron chi connectivity index (χ2n) is 4.64. The monoisotopic (exact) mass is 237 g/mol. The number of carbonyl (C=O) groups is 1. The molecule has 1 saturated carbocycles. The van der Waals surface area contributed by atoms with Crippen LogP contribution in [0.15, 0.2) is 11.4 Å². The zero-order chi connectivity index (χ0) is 11.5. The van der Waals surface area contributed by atoms with Gasteiger partial charge in [-0.1, -0.05) is 19.3 Å². The van der Waals surface area contributed by atoms with E-state index in [2.05, 4.69) is 0 Å². The van der Waals surface area contributed by atoms with Gasteiger partial charge in [-0.2, -0.15) is 0 Å². The number of thiophene rings is 1. The lowest BCUT2D eigenvalue weighted by molar-refractivity contribution is 0.0700. The normalized spacial score (nSPS) is 17.4. The molecule has 3 heteroatoms. The smallest absolute Gasteiger partial charge is 0.264 e. The highest BCUT2D eigenvalue weighted by molar-refractivity contribution is 7.12. The Balaban J connectivity index is 2.06. The average Bonchev–Trinajstić information content (AvgIpc) is 2.75. The van der Waals surface area contributed by atoms with Crippen molar-refractivity contribution >= 4 is 17.2 Å². The lowest BCUT2D eigenvalue weighted by Crippen LogP contribution is -2.38. The van der Waals surface area contributed by atoms with Gasteiger partial charge in [0, 0.05) is 13.1 Å². The molecule has 0 saturated heterocycles. The minimum absolute atomic E-state index is 0.208. The van der Waals surface area contributed by atoms with Gasteiger partial charge in [0.15, 0.2) is 0 Å². The third-order valence-electron chi connectivity index (χ3n) is 3.50. The maximum atomic E-state index is 12.3. The first-order chi connectivity index (χ1) is 7.70. The van der Waals surface area contributed by atoms with Gasteiger partial charge in [0.05, 0.1) is 4.88 Å². The van der Waals surface area contributed by atoms with Gasteiger partial charge in [-0.15, -0.1) is 11.3 Å². The van der Waals surface area contributed by atoms with E-state index < -0.39 is 0 Å². The van der Waals surface area contributed by atoms with Crippen LogP contribution in [0.3, 0.4) is 0 Å². The summed E-state index contributed by atoms with van der Waals surface area (Å²) in [6, 6.07) is 2.48. The zero-order valence-electron chi connectivity index (χ0n) is 10.0. The van der Waals surface area contributed by atoms with Crippen LogP contribution in [0.2, 0.25) is 0 Å². The lowest BCUT2D eigenvalue weighted by atomic mass is 9.94. The highest BCUT2D eigenvalue weighted by Crippen LogP contribution is 2.25. The SMILES string of the molecule is Cc1ccsc1C(=O)N(C)C1CCCCC1. The maximum absolute atomic E-state index is 12.3. The Morgan fingerprint density at radius 3 is 2.62 bits per heavy atom. The first-order valence-electron chi connectivity index (χ1n) is 6.01. The lowest BCUT2D eigenvalue weighted by Gasteiger charge is -2.31. The fourth-order valence-electron chi connectivity index (χ4n) is 2.39. The number of aryl methyl sites for hydroxylation is 1. The Kier molecular flexibility index (Phi) is 3.64. The van der Waals surface area contributed by atoms with Crippen molar-refractivity contribution in [3.63, 3.8) is 0 Å². The molecule has 2 rings (SSSR count). The van der Waals surface area contributed by atoms with E-state index in [0.29, 0.717) is 6.04 Å². The van der Waals surface area contributed by atoms with Crippen LogP contribution in [0.4, 0.5) is 0 Å². The predicted octanol–water partition coefficient (Wildman–Crippen LogP) is 3.46. The van der Waals surface area contributed by atoms with Crippen LogP contribution in [-0.4, -0.2) is 23.9 Å². The molecule has 1 aliphatic rings. The van der Waals surface area contributed by atoms with Gasteiger partial charge in [-0.3, -0.25) is 4.79 Å². The molecule has 0 radical (unpaired) electrons. The second-order valence-corrected chi connectivity index (χ2v) is 5.56. The summed E-state index contributed by atoms with van der Waals surface area (Å²) in [4.78, 5) is 15.1. The minimum Gasteiger partial charge on any atom is -0.338 e. The Bertz CT molecular complexity index is 366. The van der Waals surface area contributed by atoms with Crippen LogP contribution in [0, 0.1) is 6.92 Å². The van der Waals surface area contributed by atoms with Gasteiger partial charge in [0.1, 0.15) is 0 Å². The van der Waals surface area contributed by atoms with Crippen molar-refractivity contribution in [1.82, 2.24) is 4.90 Å². The maximum Gasteiger partial charge on any atom is 0.264 e. The molecule has 1 aliphatic carbocycles. The number of rotatable bonds is 2. The Morgan fingerprint density at radius 1 is 1.38 bits per heavy atom. The summed E-state index contributed by atoms with van der Waals surface area (Å²) in [6.07, 6.45) is 6.22. The van der Waals surface area contributed by atoms with Crippen molar-refractivity contribution in [2.45, 2.75) is 45.1 Å². The van der Waals surface area contributed by atoms with Crippen molar-refractivity contribution in [2.75, 3.05) is 7.05 Å². The molecule has 0 aliphatic heterocycles. The number of hydrogen-bond donors (Lipinski definition) is 0. The first kappa shape index (κ1) is 11.6. The topological polar surface area (TPSA) is 20.3 Å². The summed E-state index contributed by atoms with van der Waals surface area (Å²) in [5.74, 6) is 0.208. The molecule has 1 aromatic heterocycles. The zero-order valence-corrected chi connectivity index (χ0v) is 10.8. The fourth-order valence-corrected chi connectivity index (χ4v) is 3.29. The molecule has 0 unspecified atom stereocenters. The van der Waals surface area contributed by atoms with Crippen molar-refractivity contribution in [1.29, 1.82) is 0 Å². The molecular weight excluding hydrogens is 218 g/mol. The molecule has 0 N–H and O–H groups in total. The largest absolute Gasteiger partial charge is 0.338 e. The van der Waals surface area contributed by atoms with Crippen molar-refractivity contribution < 1.29 is 4.79 Å². The Morgan fingerprint density at radius 2 is 2.06 bits per heavy atom. The molecule has 1 fully saturated rings. The van der Waals surface area contributed by atoms with E-state index in [1.165, 1.54) is 32.1 Å². The molecule has 2 nitrogen and oxygen atoms in total. The van der Waals surface area contributed by atoms with Crippen LogP contribution < -0.4 is 0 Å². The summed E-state index contributed by atoms with van der Waals surface area (Å²) in [7, 11) is 1.96. The van der Waals surface area contributed by atoms with Crippen molar-refractivity contribution in [3.8, 4) is 0 Å². The Labute approximate surface area is 101 Å². The van der Waals surface area contributed by atoms with Crippen LogP contribution in [0.25, 0.3) is 0 Å². The van der Waals surface area contributed by atoms with Gasteiger partial charge in [0.25, 0.3) is 5.91 Å². The van der Waals surface area contributed by atoms with E-state index >= 15 is 0 Å². The molecule has 16 heavy (non-hydrogen) atoms. The molecule has 1 aromatic rings. The van der Waals surface area contributed by atoms with Crippen LogP contribution in [0.1, 0.15) is 47.3 Å². The van der Waals surface area contributed by atoms with Gasteiger partial charge in [-0.05, 0) is 36.8 Å². The molecule has 88 valence electrons. The fraction of sp³-hybridized carbons (Fsp3) is 0.615. The Hall–Kier alpha value is -0.830. The summed E-state index contributed by atoms with van der Waals surface area (Å²) in [6.45, 7) is 2.01. The quantitative estimate of drug-likeness (QED) is 0.771. The van der Waals surface area contributed by atoms with Crippen molar-refractivity contribution in [2.24, 2.45) is 0 Å². The molecule has 0 atom stereocenters. The highest BCUT2D eigenvalue weighted by Gasteiger charge is 2.24. The second kappa shape index (κ2) is 5.00. The van der Waals surface area contributed by atoms with Crippen LogP contribution >= 0.6 is 11.3 Å². The van der Waals surface area contributed by atoms with Gasteiger partial charge < -0.3 is 4.90 Å². The molecule has 1 amide bonds.